The summed E-state index contributed by atoms with van der Waals surface area (Å²) < 4.78 is 42.4. The van der Waals surface area contributed by atoms with Gasteiger partial charge in [-0.3, -0.25) is 0 Å². The Morgan fingerprint density at radius 2 is 1.09 bits per heavy atom. The van der Waals surface area contributed by atoms with Crippen LogP contribution in [0.25, 0.3) is 66.0 Å². The number of aromatic nitrogens is 1. The van der Waals surface area contributed by atoms with E-state index in [-0.39, 0.29) is 10.8 Å². The molecule has 2 aromatic heterocycles. The molecule has 1 aliphatic rings. The summed E-state index contributed by atoms with van der Waals surface area (Å²) in [5, 5.41) is 1.14. The number of halogens is 3. The zero-order valence-corrected chi connectivity index (χ0v) is 44.6. The fourth-order valence-corrected chi connectivity index (χ4v) is 12.4. The van der Waals surface area contributed by atoms with Crippen LogP contribution in [0.5, 0.6) is 0 Å². The van der Waals surface area contributed by atoms with Gasteiger partial charge in [0.15, 0.2) is 0 Å². The molecule has 9 aromatic rings. The van der Waals surface area contributed by atoms with Gasteiger partial charge in [-0.25, -0.2) is 4.98 Å². The Bertz CT molecular complexity index is 3410. The third-order valence-corrected chi connectivity index (χ3v) is 16.5. The topological polar surface area (TPSA) is 16.1 Å². The van der Waals surface area contributed by atoms with Crippen molar-refractivity contribution < 1.29 is 13.2 Å². The Balaban J connectivity index is 1.12. The predicted molar refractivity (Wildman–Crippen MR) is 311 cm³/mol. The average Bonchev–Trinajstić information content (AvgIpc) is 3.94. The number of unbranched alkanes of at least 4 members (excludes halogenated alkanes) is 6. The SMILES string of the molecule is C#Cc1sc2ccccc2c1-c1cccc(N(c2ccc(-c3cc(-c4ccc(C(C)(C)C)cc4)cc(-c4ccc(C(F)(F)F)cc4)n3)cc2)c2ccc3c(c2)C(CCCCCC)(CCCCCC)c2ccccc2-3)c1. The summed E-state index contributed by atoms with van der Waals surface area (Å²) in [5.74, 6) is 3.01. The van der Waals surface area contributed by atoms with Gasteiger partial charge < -0.3 is 4.90 Å². The number of terminal acetylenes is 1. The fraction of sp³-hybridized carbons (Fsp3) is 0.261. The van der Waals surface area contributed by atoms with Crippen LogP contribution in [0.1, 0.15) is 126 Å². The van der Waals surface area contributed by atoms with Crippen LogP contribution in [0.4, 0.5) is 30.2 Å². The fourth-order valence-electron chi connectivity index (χ4n) is 11.4. The van der Waals surface area contributed by atoms with Gasteiger partial charge in [-0.2, -0.15) is 13.2 Å². The van der Waals surface area contributed by atoms with Crippen LogP contribution >= 0.6 is 11.3 Å². The predicted octanol–water partition coefficient (Wildman–Crippen LogP) is 20.9. The molecular weight excluding hydrogens is 946 g/mol. The van der Waals surface area contributed by atoms with Gasteiger partial charge in [0.05, 0.1) is 21.8 Å². The van der Waals surface area contributed by atoms with Crippen molar-refractivity contribution in [1.29, 1.82) is 0 Å². The van der Waals surface area contributed by atoms with E-state index < -0.39 is 11.7 Å². The third kappa shape index (κ3) is 10.5. The van der Waals surface area contributed by atoms with E-state index in [2.05, 4.69) is 191 Å². The molecule has 0 spiro atoms. The Kier molecular flexibility index (Phi) is 14.8. The molecule has 7 aromatic carbocycles. The van der Waals surface area contributed by atoms with Crippen molar-refractivity contribution in [2.75, 3.05) is 4.90 Å². The first-order valence-corrected chi connectivity index (χ1v) is 27.7. The van der Waals surface area contributed by atoms with Crippen LogP contribution in [-0.2, 0) is 17.0 Å². The molecule has 6 heteroatoms. The molecule has 0 bridgehead atoms. The lowest BCUT2D eigenvalue weighted by Crippen LogP contribution is -2.26. The zero-order valence-electron chi connectivity index (χ0n) is 43.8. The lowest BCUT2D eigenvalue weighted by molar-refractivity contribution is -0.137. The second kappa shape index (κ2) is 21.6. The summed E-state index contributed by atoms with van der Waals surface area (Å²) in [4.78, 5) is 8.45. The highest BCUT2D eigenvalue weighted by Gasteiger charge is 2.42. The van der Waals surface area contributed by atoms with E-state index >= 15 is 0 Å². The molecule has 0 amide bonds. The van der Waals surface area contributed by atoms with Crippen molar-refractivity contribution in [3.63, 3.8) is 0 Å². The Morgan fingerprint density at radius 3 is 1.73 bits per heavy atom. The van der Waals surface area contributed by atoms with E-state index in [4.69, 9.17) is 11.4 Å². The molecule has 2 heterocycles. The highest BCUT2D eigenvalue weighted by Crippen LogP contribution is 2.56. The number of anilines is 3. The number of hydrogen-bond donors (Lipinski definition) is 0. The number of hydrogen-bond acceptors (Lipinski definition) is 3. The molecule has 1 aliphatic carbocycles. The summed E-state index contributed by atoms with van der Waals surface area (Å²) >= 11 is 1.65. The third-order valence-electron chi connectivity index (χ3n) is 15.4. The number of thiophene rings is 1. The number of nitrogens with zero attached hydrogens (tertiary/aromatic N) is 2. The quantitative estimate of drug-likeness (QED) is 0.0667. The second-order valence-electron chi connectivity index (χ2n) is 21.4. The van der Waals surface area contributed by atoms with Gasteiger partial charge in [0.1, 0.15) is 0 Å². The van der Waals surface area contributed by atoms with E-state index in [1.54, 1.807) is 11.3 Å². The van der Waals surface area contributed by atoms with E-state index in [9.17, 15) is 13.2 Å². The van der Waals surface area contributed by atoms with Gasteiger partial charge in [0.2, 0.25) is 0 Å². The first kappa shape index (κ1) is 51.3. The van der Waals surface area contributed by atoms with Gasteiger partial charge in [0, 0.05) is 49.3 Å². The number of rotatable bonds is 17. The molecule has 0 aliphatic heterocycles. The summed E-state index contributed by atoms with van der Waals surface area (Å²) in [6.45, 7) is 11.2. The number of fused-ring (bicyclic) bond motifs is 4. The van der Waals surface area contributed by atoms with Crippen LogP contribution in [-0.4, -0.2) is 4.98 Å². The minimum Gasteiger partial charge on any atom is -0.310 e. The molecule has 0 radical (unpaired) electrons. The maximum Gasteiger partial charge on any atom is 0.416 e. The molecule has 0 fully saturated rings. The maximum atomic E-state index is 13.7. The second-order valence-corrected chi connectivity index (χ2v) is 22.4. The van der Waals surface area contributed by atoms with Crippen molar-refractivity contribution in [1.82, 2.24) is 4.98 Å². The molecule has 10 rings (SSSR count). The van der Waals surface area contributed by atoms with Crippen molar-refractivity contribution in [2.45, 2.75) is 116 Å². The van der Waals surface area contributed by atoms with Gasteiger partial charge in [0.25, 0.3) is 0 Å². The first-order chi connectivity index (χ1) is 36.3. The van der Waals surface area contributed by atoms with Gasteiger partial charge >= 0.3 is 6.18 Å². The first-order valence-electron chi connectivity index (χ1n) is 26.8. The molecule has 0 atom stereocenters. The smallest absolute Gasteiger partial charge is 0.310 e. The van der Waals surface area contributed by atoms with E-state index in [1.165, 1.54) is 91.3 Å². The molecule has 2 nitrogen and oxygen atoms in total. The summed E-state index contributed by atoms with van der Waals surface area (Å²) in [6.07, 6.45) is 13.7. The lowest BCUT2D eigenvalue weighted by atomic mass is 9.70. The highest BCUT2D eigenvalue weighted by atomic mass is 32.1. The summed E-state index contributed by atoms with van der Waals surface area (Å²) in [5.41, 5.74) is 15.9. The van der Waals surface area contributed by atoms with Crippen molar-refractivity contribution in [2.24, 2.45) is 0 Å². The zero-order chi connectivity index (χ0) is 52.3. The molecule has 0 saturated carbocycles. The highest BCUT2D eigenvalue weighted by molar-refractivity contribution is 7.20. The van der Waals surface area contributed by atoms with Gasteiger partial charge in [-0.1, -0.05) is 201 Å². The Labute approximate surface area is 446 Å². The van der Waals surface area contributed by atoms with E-state index in [1.807, 2.05) is 6.07 Å². The minimum atomic E-state index is -4.44. The summed E-state index contributed by atoms with van der Waals surface area (Å²) in [6, 6.07) is 60.0. The largest absolute Gasteiger partial charge is 0.416 e. The van der Waals surface area contributed by atoms with Crippen LogP contribution < -0.4 is 4.90 Å². The van der Waals surface area contributed by atoms with Crippen LogP contribution in [0.2, 0.25) is 0 Å². The maximum absolute atomic E-state index is 13.7. The molecule has 0 N–H and O–H groups in total. The van der Waals surface area contributed by atoms with Crippen LogP contribution in [0, 0.1) is 12.3 Å². The minimum absolute atomic E-state index is 0.0242. The van der Waals surface area contributed by atoms with Crippen LogP contribution in [0.3, 0.4) is 0 Å². The molecule has 378 valence electrons. The van der Waals surface area contributed by atoms with Gasteiger partial charge in [-0.15, -0.1) is 17.8 Å². The monoisotopic (exact) mass is 1010 g/mol. The molecule has 75 heavy (non-hydrogen) atoms. The van der Waals surface area contributed by atoms with E-state index in [0.717, 1.165) is 90.5 Å². The summed E-state index contributed by atoms with van der Waals surface area (Å²) in [7, 11) is 0. The average molecular weight is 1010 g/mol. The van der Waals surface area contributed by atoms with Gasteiger partial charge in [-0.05, 0) is 129 Å². The van der Waals surface area contributed by atoms with Crippen molar-refractivity contribution in [3.05, 3.63) is 203 Å². The van der Waals surface area contributed by atoms with Crippen molar-refractivity contribution >= 4 is 38.5 Å². The molecule has 0 saturated heterocycles. The van der Waals surface area contributed by atoms with Crippen LogP contribution in [0.15, 0.2) is 176 Å². The standard InChI is InChI=1S/C69H65F3N2S/c1-7-10-12-18-41-68(42-19-13-11-8-2)60-25-16-14-23-57(60)58-40-39-56(46-61(58)68)74(55-22-20-21-50(43-55)66-59-24-15-17-26-65(59)75-64(66)9-3)54-37-31-49(32-38-54)63-45-51(47-27-33-52(34-28-47)67(4,5)6)44-62(73-63)48-29-35-53(36-30-48)69(70,71)72/h3,14-17,20-40,43-46H,7-8,10-13,18-19,41-42H2,1-2,4-6H3. The van der Waals surface area contributed by atoms with E-state index in [0.29, 0.717) is 11.3 Å². The number of pyridine rings is 1. The Hall–Kier alpha value is -7.20. The Morgan fingerprint density at radius 1 is 0.520 bits per heavy atom. The van der Waals surface area contributed by atoms with Crippen molar-refractivity contribution in [3.8, 4) is 68.2 Å². The normalized spacial score (nSPS) is 12.9. The number of alkyl halides is 3. The lowest BCUT2D eigenvalue weighted by Gasteiger charge is -2.34. The molecule has 0 unspecified atom stereocenters. The number of benzene rings is 7. The molecular formula is C69H65F3N2S.